The van der Waals surface area contributed by atoms with E-state index in [0.29, 0.717) is 0 Å². The lowest BCUT2D eigenvalue weighted by Crippen LogP contribution is -2.29. The average Bonchev–Trinajstić information content (AvgIpc) is 3.51. The Morgan fingerprint density at radius 2 is 0.736 bits per heavy atom. The fourth-order valence-corrected chi connectivity index (χ4v) is 8.44. The number of hydrogen-bond donors (Lipinski definition) is 2. The van der Waals surface area contributed by atoms with Crippen molar-refractivity contribution in [1.82, 2.24) is 0 Å². The zero-order valence-electron chi connectivity index (χ0n) is 29.2. The van der Waals surface area contributed by atoms with Gasteiger partial charge in [0.15, 0.2) is 0 Å². The van der Waals surface area contributed by atoms with Crippen LogP contribution in [-0.4, -0.2) is 36.6 Å². The van der Waals surface area contributed by atoms with E-state index in [9.17, 15) is 10.2 Å². The van der Waals surface area contributed by atoms with Gasteiger partial charge in [0.2, 0.25) is 0 Å². The van der Waals surface area contributed by atoms with Crippen molar-refractivity contribution in [3.63, 3.8) is 0 Å². The van der Waals surface area contributed by atoms with Crippen molar-refractivity contribution in [1.29, 1.82) is 0 Å². The summed E-state index contributed by atoms with van der Waals surface area (Å²) >= 11 is 0. The van der Waals surface area contributed by atoms with E-state index in [2.05, 4.69) is 158 Å². The molecular formula is C49H38O4. The summed E-state index contributed by atoms with van der Waals surface area (Å²) < 4.78 is 12.3. The van der Waals surface area contributed by atoms with E-state index in [1.165, 1.54) is 33.4 Å². The molecule has 0 aromatic heterocycles. The Kier molecular flexibility index (Phi) is 8.47. The standard InChI is InChI=1S/C49H38O4/c50-27-29-52-47-25-23-43(37-15-7-9-17-39(37)47)49(44-24-26-48(53-30-28-51)40-18-10-8-16-38(40)44)45-21-19-35(33-11-3-1-4-12-33)31-41(45)42-32-36(20-22-46(42)49)34-13-5-2-6-14-34/h1-26,31-32,50-51H,27-30H2. The minimum atomic E-state index is -0.751. The van der Waals surface area contributed by atoms with E-state index in [4.69, 9.17) is 9.47 Å². The topological polar surface area (TPSA) is 58.9 Å². The lowest BCUT2D eigenvalue weighted by Gasteiger charge is -2.36. The van der Waals surface area contributed by atoms with Crippen LogP contribution in [0.25, 0.3) is 54.9 Å². The molecule has 8 aromatic rings. The van der Waals surface area contributed by atoms with Gasteiger partial charge in [0.25, 0.3) is 0 Å². The molecule has 4 nitrogen and oxygen atoms in total. The number of rotatable bonds is 10. The van der Waals surface area contributed by atoms with E-state index < -0.39 is 5.41 Å². The first-order valence-electron chi connectivity index (χ1n) is 18.1. The van der Waals surface area contributed by atoms with Gasteiger partial charge in [0, 0.05) is 10.8 Å². The van der Waals surface area contributed by atoms with E-state index in [1.807, 2.05) is 12.1 Å². The largest absolute Gasteiger partial charge is 0.491 e. The molecule has 1 aliphatic carbocycles. The SMILES string of the molecule is OCCOc1ccc(C2(c3ccc(OCCO)c4ccccc34)c3ccc(-c4ccccc4)cc3-c3cc(-c4ccccc4)ccc32)c2ccccc12. The van der Waals surface area contributed by atoms with Crippen LogP contribution in [0.2, 0.25) is 0 Å². The summed E-state index contributed by atoms with van der Waals surface area (Å²) in [5.74, 6) is 1.48. The molecule has 1 aliphatic rings. The molecule has 4 heteroatoms. The second-order valence-corrected chi connectivity index (χ2v) is 13.5. The van der Waals surface area contributed by atoms with Crippen LogP contribution in [0.15, 0.2) is 170 Å². The molecule has 0 spiro atoms. The molecule has 0 amide bonds. The molecule has 0 unspecified atom stereocenters. The second-order valence-electron chi connectivity index (χ2n) is 13.5. The molecule has 0 heterocycles. The highest BCUT2D eigenvalue weighted by Gasteiger charge is 2.48. The van der Waals surface area contributed by atoms with Crippen LogP contribution in [0.3, 0.4) is 0 Å². The highest BCUT2D eigenvalue weighted by molar-refractivity contribution is 6.02. The number of aliphatic hydroxyl groups is 2. The molecule has 8 aromatic carbocycles. The van der Waals surface area contributed by atoms with Crippen LogP contribution in [0, 0.1) is 0 Å². The van der Waals surface area contributed by atoms with Crippen molar-refractivity contribution in [3.05, 3.63) is 192 Å². The summed E-state index contributed by atoms with van der Waals surface area (Å²) in [7, 11) is 0. The third kappa shape index (κ3) is 5.38. The maximum atomic E-state index is 9.67. The van der Waals surface area contributed by atoms with Crippen molar-refractivity contribution in [3.8, 4) is 44.9 Å². The van der Waals surface area contributed by atoms with Crippen LogP contribution in [0.4, 0.5) is 0 Å². The Bertz CT molecular complexity index is 2410. The first-order valence-corrected chi connectivity index (χ1v) is 18.1. The smallest absolute Gasteiger partial charge is 0.127 e. The molecular weight excluding hydrogens is 653 g/mol. The van der Waals surface area contributed by atoms with Crippen LogP contribution >= 0.6 is 0 Å². The number of hydrogen-bond acceptors (Lipinski definition) is 4. The predicted octanol–water partition coefficient (Wildman–Crippen LogP) is 10.4. The van der Waals surface area contributed by atoms with Crippen molar-refractivity contribution in [2.45, 2.75) is 5.41 Å². The minimum absolute atomic E-state index is 0.0645. The number of aliphatic hydroxyl groups excluding tert-OH is 2. The molecule has 0 aliphatic heterocycles. The Hall–Kier alpha value is -6.20. The summed E-state index contributed by atoms with van der Waals surface area (Å²) in [5, 5.41) is 23.5. The normalized spacial score (nSPS) is 12.8. The van der Waals surface area contributed by atoms with Crippen molar-refractivity contribution in [2.24, 2.45) is 0 Å². The zero-order chi connectivity index (χ0) is 35.8. The van der Waals surface area contributed by atoms with Crippen LogP contribution in [0.5, 0.6) is 11.5 Å². The Balaban J connectivity index is 1.43. The third-order valence-electron chi connectivity index (χ3n) is 10.6. The maximum absolute atomic E-state index is 9.67. The summed E-state index contributed by atoms with van der Waals surface area (Å²) in [6.07, 6.45) is 0. The van der Waals surface area contributed by atoms with Gasteiger partial charge in [-0.15, -0.1) is 0 Å². The quantitative estimate of drug-likeness (QED) is 0.150. The third-order valence-corrected chi connectivity index (χ3v) is 10.6. The lowest BCUT2D eigenvalue weighted by atomic mass is 9.65. The molecule has 0 fully saturated rings. The molecule has 2 N–H and O–H groups in total. The highest BCUT2D eigenvalue weighted by Crippen LogP contribution is 2.60. The fraction of sp³-hybridized carbons (Fsp3) is 0.102. The molecule has 0 saturated heterocycles. The maximum Gasteiger partial charge on any atom is 0.127 e. The molecule has 9 rings (SSSR count). The van der Waals surface area contributed by atoms with Gasteiger partial charge in [-0.05, 0) is 90.7 Å². The molecule has 258 valence electrons. The fourth-order valence-electron chi connectivity index (χ4n) is 8.44. The van der Waals surface area contributed by atoms with E-state index in [-0.39, 0.29) is 26.4 Å². The van der Waals surface area contributed by atoms with Crippen molar-refractivity contribution >= 4 is 21.5 Å². The van der Waals surface area contributed by atoms with E-state index in [0.717, 1.165) is 55.3 Å². The Morgan fingerprint density at radius 3 is 1.15 bits per heavy atom. The highest BCUT2D eigenvalue weighted by atomic mass is 16.5. The zero-order valence-corrected chi connectivity index (χ0v) is 29.2. The van der Waals surface area contributed by atoms with Gasteiger partial charge in [0.05, 0.1) is 18.6 Å². The number of fused-ring (bicyclic) bond motifs is 5. The molecule has 0 radical (unpaired) electrons. The van der Waals surface area contributed by atoms with Gasteiger partial charge < -0.3 is 19.7 Å². The summed E-state index contributed by atoms with van der Waals surface area (Å²) in [5.41, 5.74) is 10.9. The predicted molar refractivity (Wildman–Crippen MR) is 215 cm³/mol. The van der Waals surface area contributed by atoms with Crippen LogP contribution in [-0.2, 0) is 5.41 Å². The molecule has 0 atom stereocenters. The second kappa shape index (κ2) is 13.7. The summed E-state index contributed by atoms with van der Waals surface area (Å²) in [6.45, 7) is 0.297. The van der Waals surface area contributed by atoms with Gasteiger partial charge >= 0.3 is 0 Å². The minimum Gasteiger partial charge on any atom is -0.491 e. The number of ether oxygens (including phenoxy) is 2. The van der Waals surface area contributed by atoms with Crippen molar-refractivity contribution in [2.75, 3.05) is 26.4 Å². The Morgan fingerprint density at radius 1 is 0.358 bits per heavy atom. The molecule has 0 saturated carbocycles. The monoisotopic (exact) mass is 690 g/mol. The van der Waals surface area contributed by atoms with Gasteiger partial charge in [-0.3, -0.25) is 0 Å². The van der Waals surface area contributed by atoms with Gasteiger partial charge in [-0.25, -0.2) is 0 Å². The summed E-state index contributed by atoms with van der Waals surface area (Å²) in [6, 6.07) is 60.5. The molecule has 53 heavy (non-hydrogen) atoms. The number of benzene rings is 8. The first-order chi connectivity index (χ1) is 26.2. The van der Waals surface area contributed by atoms with Gasteiger partial charge in [0.1, 0.15) is 24.7 Å². The summed E-state index contributed by atoms with van der Waals surface area (Å²) in [4.78, 5) is 0. The first kappa shape index (κ1) is 32.7. The molecule has 0 bridgehead atoms. The Labute approximate surface area is 309 Å². The van der Waals surface area contributed by atoms with Crippen LogP contribution in [0.1, 0.15) is 22.3 Å². The van der Waals surface area contributed by atoms with Gasteiger partial charge in [-0.2, -0.15) is 0 Å². The average molecular weight is 691 g/mol. The van der Waals surface area contributed by atoms with E-state index >= 15 is 0 Å². The van der Waals surface area contributed by atoms with Crippen molar-refractivity contribution < 1.29 is 19.7 Å². The van der Waals surface area contributed by atoms with Gasteiger partial charge in [-0.1, -0.05) is 146 Å². The van der Waals surface area contributed by atoms with E-state index in [1.54, 1.807) is 0 Å². The lowest BCUT2D eigenvalue weighted by molar-refractivity contribution is 0.203. The van der Waals surface area contributed by atoms with Crippen LogP contribution < -0.4 is 9.47 Å².